The van der Waals surface area contributed by atoms with Crippen molar-refractivity contribution in [1.82, 2.24) is 0 Å². The maximum absolute atomic E-state index is 12.4. The van der Waals surface area contributed by atoms with Gasteiger partial charge in [-0.15, -0.1) is 0 Å². The van der Waals surface area contributed by atoms with Gasteiger partial charge in [0, 0.05) is 10.8 Å². The summed E-state index contributed by atoms with van der Waals surface area (Å²) < 4.78 is 5.08. The minimum Gasteiger partial charge on any atom is -0.392 e. The summed E-state index contributed by atoms with van der Waals surface area (Å²) in [6, 6.07) is 0. The minimum absolute atomic E-state index is 0.311. The zero-order valence-electron chi connectivity index (χ0n) is 11.5. The van der Waals surface area contributed by atoms with Crippen LogP contribution in [-0.4, -0.2) is 11.9 Å². The fourth-order valence-electron chi connectivity index (χ4n) is 5.65. The third-order valence-corrected chi connectivity index (χ3v) is 6.89. The Kier molecular flexibility index (Phi) is 1.47. The number of fused-ring (bicyclic) bond motifs is 1. The first-order chi connectivity index (χ1) is 8.82. The van der Waals surface area contributed by atoms with Crippen LogP contribution in [0.3, 0.4) is 0 Å². The molecule has 1 saturated carbocycles. The van der Waals surface area contributed by atoms with Crippen LogP contribution in [0.15, 0.2) is 35.5 Å². The van der Waals surface area contributed by atoms with Gasteiger partial charge >= 0.3 is 11.9 Å². The summed E-state index contributed by atoms with van der Waals surface area (Å²) in [7, 11) is 0. The van der Waals surface area contributed by atoms with Gasteiger partial charge in [-0.2, -0.15) is 0 Å². The first-order valence-electron chi connectivity index (χ1n) is 6.64. The van der Waals surface area contributed by atoms with E-state index >= 15 is 0 Å². The molecule has 4 unspecified atom stereocenters. The van der Waals surface area contributed by atoms with Gasteiger partial charge in [-0.1, -0.05) is 49.3 Å². The third-order valence-electron chi connectivity index (χ3n) is 6.89. The molecule has 0 radical (unpaired) electrons. The Bertz CT molecular complexity index is 611. The van der Waals surface area contributed by atoms with E-state index in [1.54, 1.807) is 0 Å². The molecule has 19 heavy (non-hydrogen) atoms. The Morgan fingerprint density at radius 2 is 1.21 bits per heavy atom. The second-order valence-corrected chi connectivity index (χ2v) is 6.51. The normalized spacial score (nSPS) is 53.1. The highest BCUT2D eigenvalue weighted by Gasteiger charge is 2.95. The van der Waals surface area contributed by atoms with E-state index in [2.05, 4.69) is 27.7 Å². The fraction of sp³-hybridized carbons (Fsp3) is 0.500. The summed E-state index contributed by atoms with van der Waals surface area (Å²) in [6.07, 6.45) is 7.50. The molecular weight excluding hydrogens is 240 g/mol. The van der Waals surface area contributed by atoms with E-state index in [0.29, 0.717) is 0 Å². The molecule has 4 aliphatic rings. The van der Waals surface area contributed by atoms with Crippen LogP contribution in [0.1, 0.15) is 27.7 Å². The van der Waals surface area contributed by atoms with Crippen molar-refractivity contribution < 1.29 is 14.3 Å². The Hall–Kier alpha value is -1.64. The molecule has 3 aliphatic carbocycles. The summed E-state index contributed by atoms with van der Waals surface area (Å²) >= 11 is 0. The van der Waals surface area contributed by atoms with Crippen molar-refractivity contribution >= 4 is 11.9 Å². The van der Waals surface area contributed by atoms with Gasteiger partial charge in [0.15, 0.2) is 0 Å². The van der Waals surface area contributed by atoms with Gasteiger partial charge in [-0.25, -0.2) is 0 Å². The molecular formula is C16H16O3. The molecule has 4 rings (SSSR count). The first-order valence-corrected chi connectivity index (χ1v) is 6.64. The number of hydrogen-bond acceptors (Lipinski definition) is 3. The van der Waals surface area contributed by atoms with Crippen molar-refractivity contribution in [3.8, 4) is 0 Å². The van der Waals surface area contributed by atoms with E-state index in [-0.39, 0.29) is 22.8 Å². The lowest BCUT2D eigenvalue weighted by Crippen LogP contribution is -2.82. The van der Waals surface area contributed by atoms with E-state index in [9.17, 15) is 9.59 Å². The second kappa shape index (κ2) is 2.49. The number of allylic oxidation sites excluding steroid dienone is 4. The summed E-state index contributed by atoms with van der Waals surface area (Å²) in [5.74, 6) is -0.769. The van der Waals surface area contributed by atoms with E-state index in [0.717, 1.165) is 0 Å². The maximum Gasteiger partial charge on any atom is 0.326 e. The van der Waals surface area contributed by atoms with Gasteiger partial charge < -0.3 is 4.74 Å². The van der Waals surface area contributed by atoms with Gasteiger partial charge in [0.1, 0.15) is 10.8 Å². The number of esters is 2. The van der Waals surface area contributed by atoms with Crippen LogP contribution in [0.5, 0.6) is 0 Å². The van der Waals surface area contributed by atoms with Gasteiger partial charge in [0.25, 0.3) is 0 Å². The quantitative estimate of drug-likeness (QED) is 0.380. The van der Waals surface area contributed by atoms with Crippen molar-refractivity contribution in [3.05, 3.63) is 35.5 Å². The van der Waals surface area contributed by atoms with Crippen LogP contribution >= 0.6 is 0 Å². The molecule has 0 spiro atoms. The Morgan fingerprint density at radius 1 is 0.842 bits per heavy atom. The molecule has 0 N–H and O–H groups in total. The lowest BCUT2D eigenvalue weighted by atomic mass is 9.18. The molecule has 0 aromatic carbocycles. The zero-order chi connectivity index (χ0) is 13.8. The molecule has 3 nitrogen and oxygen atoms in total. The molecule has 1 saturated heterocycles. The molecule has 0 aromatic rings. The number of carbonyl (C=O) groups excluding carboxylic acids is 2. The molecule has 1 heterocycles. The van der Waals surface area contributed by atoms with Crippen LogP contribution in [0, 0.1) is 21.7 Å². The average Bonchev–Trinajstić information content (AvgIpc) is 2.64. The van der Waals surface area contributed by atoms with Crippen LogP contribution in [-0.2, 0) is 14.3 Å². The predicted octanol–water partition coefficient (Wildman–Crippen LogP) is 2.54. The number of cyclic esters (lactones) is 2. The fourth-order valence-corrected chi connectivity index (χ4v) is 5.65. The zero-order valence-corrected chi connectivity index (χ0v) is 11.5. The van der Waals surface area contributed by atoms with Gasteiger partial charge in [-0.05, 0) is 13.8 Å². The first kappa shape index (κ1) is 11.2. The monoisotopic (exact) mass is 256 g/mol. The standard InChI is InChI=1S/C16H16O3/c1-9-10(2)14(4)13(9,3)15-7-5-6-8-16(14,15)12(18)19-11(15)17/h5-8H,1-4H3. The highest BCUT2D eigenvalue weighted by Crippen LogP contribution is 2.91. The van der Waals surface area contributed by atoms with Crippen molar-refractivity contribution in [2.75, 3.05) is 0 Å². The van der Waals surface area contributed by atoms with E-state index in [1.165, 1.54) is 11.1 Å². The highest BCUT2D eigenvalue weighted by atomic mass is 16.6. The topological polar surface area (TPSA) is 43.4 Å². The van der Waals surface area contributed by atoms with Crippen molar-refractivity contribution in [2.24, 2.45) is 21.7 Å². The van der Waals surface area contributed by atoms with Crippen LogP contribution in [0.2, 0.25) is 0 Å². The van der Waals surface area contributed by atoms with Gasteiger partial charge in [0.05, 0.1) is 0 Å². The van der Waals surface area contributed by atoms with Crippen molar-refractivity contribution in [3.63, 3.8) is 0 Å². The lowest BCUT2D eigenvalue weighted by Gasteiger charge is -2.80. The highest BCUT2D eigenvalue weighted by molar-refractivity contribution is 6.10. The maximum atomic E-state index is 12.4. The average molecular weight is 256 g/mol. The van der Waals surface area contributed by atoms with E-state index < -0.39 is 10.8 Å². The minimum atomic E-state index is -0.829. The largest absolute Gasteiger partial charge is 0.392 e. The molecule has 0 aromatic heterocycles. The molecule has 2 fully saturated rings. The number of rotatable bonds is 0. The molecule has 0 amide bonds. The van der Waals surface area contributed by atoms with Crippen molar-refractivity contribution in [2.45, 2.75) is 27.7 Å². The van der Waals surface area contributed by atoms with Crippen LogP contribution in [0.4, 0.5) is 0 Å². The van der Waals surface area contributed by atoms with Gasteiger partial charge in [0.2, 0.25) is 0 Å². The molecule has 4 atom stereocenters. The molecule has 3 heteroatoms. The summed E-state index contributed by atoms with van der Waals surface area (Å²) in [5.41, 5.74) is 0.159. The predicted molar refractivity (Wildman–Crippen MR) is 68.8 cm³/mol. The summed E-state index contributed by atoms with van der Waals surface area (Å²) in [4.78, 5) is 24.9. The molecule has 0 bridgehead atoms. The number of hydrogen-bond donors (Lipinski definition) is 0. The number of carbonyl (C=O) groups is 2. The van der Waals surface area contributed by atoms with Crippen molar-refractivity contribution in [1.29, 1.82) is 0 Å². The van der Waals surface area contributed by atoms with E-state index in [4.69, 9.17) is 4.74 Å². The van der Waals surface area contributed by atoms with Gasteiger partial charge in [-0.3, -0.25) is 9.59 Å². The lowest BCUT2D eigenvalue weighted by molar-refractivity contribution is -0.236. The Morgan fingerprint density at radius 3 is 1.58 bits per heavy atom. The number of ether oxygens (including phenoxy) is 1. The Balaban J connectivity index is 2.15. The molecule has 98 valence electrons. The van der Waals surface area contributed by atoms with Crippen LogP contribution < -0.4 is 0 Å². The third kappa shape index (κ3) is 0.594. The Labute approximate surface area is 112 Å². The smallest absolute Gasteiger partial charge is 0.326 e. The summed E-state index contributed by atoms with van der Waals surface area (Å²) in [5, 5.41) is 0. The van der Waals surface area contributed by atoms with E-state index in [1.807, 2.05) is 24.3 Å². The van der Waals surface area contributed by atoms with Crippen LogP contribution in [0.25, 0.3) is 0 Å². The molecule has 1 aliphatic heterocycles. The summed E-state index contributed by atoms with van der Waals surface area (Å²) in [6.45, 7) is 8.32. The SMILES string of the molecule is CC1=C(C)C2(C)C1(C)C13C=CC=CC21C(=O)OC3=O. The second-order valence-electron chi connectivity index (χ2n) is 6.51.